The molecular formula is C43H28N4. The van der Waals surface area contributed by atoms with E-state index >= 15 is 0 Å². The first-order valence-corrected chi connectivity index (χ1v) is 15.8. The molecule has 0 aliphatic rings. The quantitative estimate of drug-likeness (QED) is 0.197. The molecule has 4 nitrogen and oxygen atoms in total. The normalized spacial score (nSPS) is 11.4. The van der Waals surface area contributed by atoms with Crippen LogP contribution in [0, 0.1) is 0 Å². The van der Waals surface area contributed by atoms with Crippen LogP contribution in [-0.2, 0) is 0 Å². The highest BCUT2D eigenvalue weighted by Gasteiger charge is 2.16. The average molecular weight is 601 g/mol. The van der Waals surface area contributed by atoms with Gasteiger partial charge in [0.2, 0.25) is 0 Å². The van der Waals surface area contributed by atoms with Crippen LogP contribution in [0.25, 0.3) is 83.3 Å². The molecular weight excluding hydrogens is 573 g/mol. The Morgan fingerprint density at radius 1 is 0.426 bits per heavy atom. The second-order valence-electron chi connectivity index (χ2n) is 11.7. The summed E-state index contributed by atoms with van der Waals surface area (Å²) in [6.45, 7) is 0. The van der Waals surface area contributed by atoms with E-state index in [1.165, 1.54) is 32.6 Å². The van der Waals surface area contributed by atoms with Gasteiger partial charge in [-0.25, -0.2) is 9.97 Å². The highest BCUT2D eigenvalue weighted by Crippen LogP contribution is 2.37. The number of benzene rings is 6. The Labute approximate surface area is 272 Å². The molecule has 0 amide bonds. The number of aromatic nitrogens is 4. The number of pyridine rings is 1. The van der Waals surface area contributed by atoms with Gasteiger partial charge in [-0.3, -0.25) is 4.98 Å². The third-order valence-corrected chi connectivity index (χ3v) is 8.92. The minimum absolute atomic E-state index is 0.702. The Morgan fingerprint density at radius 3 is 1.81 bits per heavy atom. The van der Waals surface area contributed by atoms with Crippen LogP contribution in [0.2, 0.25) is 0 Å². The minimum Gasteiger partial charge on any atom is -0.309 e. The van der Waals surface area contributed by atoms with Gasteiger partial charge in [0.1, 0.15) is 0 Å². The molecule has 9 rings (SSSR count). The molecule has 9 aromatic rings. The number of hydrogen-bond donors (Lipinski definition) is 0. The van der Waals surface area contributed by atoms with Gasteiger partial charge in [0.15, 0.2) is 5.82 Å². The van der Waals surface area contributed by atoms with Gasteiger partial charge < -0.3 is 4.57 Å². The summed E-state index contributed by atoms with van der Waals surface area (Å²) in [6.07, 6.45) is 3.68. The summed E-state index contributed by atoms with van der Waals surface area (Å²) in [5.74, 6) is 0.702. The molecule has 3 aromatic heterocycles. The summed E-state index contributed by atoms with van der Waals surface area (Å²) >= 11 is 0. The largest absolute Gasteiger partial charge is 0.309 e. The summed E-state index contributed by atoms with van der Waals surface area (Å²) < 4.78 is 2.37. The Balaban J connectivity index is 1.16. The fraction of sp³-hybridized carbons (Fsp3) is 0. The van der Waals surface area contributed by atoms with Crippen molar-refractivity contribution in [1.82, 2.24) is 19.5 Å². The summed E-state index contributed by atoms with van der Waals surface area (Å²) in [5.41, 5.74) is 10.5. The second kappa shape index (κ2) is 11.2. The maximum Gasteiger partial charge on any atom is 0.160 e. The average Bonchev–Trinajstić information content (AvgIpc) is 3.50. The Hall–Kier alpha value is -6.39. The van der Waals surface area contributed by atoms with Crippen LogP contribution in [0.1, 0.15) is 0 Å². The van der Waals surface area contributed by atoms with Crippen molar-refractivity contribution in [1.29, 1.82) is 0 Å². The zero-order valence-electron chi connectivity index (χ0n) is 25.5. The van der Waals surface area contributed by atoms with E-state index in [1.54, 1.807) is 6.20 Å². The van der Waals surface area contributed by atoms with E-state index in [-0.39, 0.29) is 0 Å². The Bertz CT molecular complexity index is 2530. The molecule has 0 radical (unpaired) electrons. The van der Waals surface area contributed by atoms with Gasteiger partial charge in [0, 0.05) is 45.5 Å². The summed E-state index contributed by atoms with van der Waals surface area (Å²) in [4.78, 5) is 14.4. The lowest BCUT2D eigenvalue weighted by Crippen LogP contribution is -1.97. The molecule has 4 heteroatoms. The van der Waals surface area contributed by atoms with Crippen LogP contribution in [0.3, 0.4) is 0 Å². The van der Waals surface area contributed by atoms with Crippen LogP contribution in [0.5, 0.6) is 0 Å². The topological polar surface area (TPSA) is 43.6 Å². The Kier molecular flexibility index (Phi) is 6.43. The molecule has 47 heavy (non-hydrogen) atoms. The van der Waals surface area contributed by atoms with Crippen molar-refractivity contribution in [2.75, 3.05) is 0 Å². The third-order valence-electron chi connectivity index (χ3n) is 8.92. The fourth-order valence-corrected chi connectivity index (χ4v) is 6.62. The molecule has 0 atom stereocenters. The first-order chi connectivity index (χ1) is 23.3. The lowest BCUT2D eigenvalue weighted by molar-refractivity contribution is 1.17. The molecule has 0 saturated carbocycles. The van der Waals surface area contributed by atoms with Gasteiger partial charge in [-0.1, -0.05) is 121 Å². The van der Waals surface area contributed by atoms with E-state index < -0.39 is 0 Å². The summed E-state index contributed by atoms with van der Waals surface area (Å²) in [7, 11) is 0. The zero-order chi connectivity index (χ0) is 31.2. The maximum atomic E-state index is 5.06. The molecule has 0 N–H and O–H groups in total. The van der Waals surface area contributed by atoms with Crippen molar-refractivity contribution in [3.8, 4) is 50.7 Å². The molecule has 0 bridgehead atoms. The lowest BCUT2D eigenvalue weighted by atomic mass is 10.0. The van der Waals surface area contributed by atoms with Gasteiger partial charge >= 0.3 is 0 Å². The molecule has 0 fully saturated rings. The minimum atomic E-state index is 0.702. The number of hydrogen-bond acceptors (Lipinski definition) is 3. The van der Waals surface area contributed by atoms with E-state index in [0.29, 0.717) is 5.82 Å². The van der Waals surface area contributed by atoms with E-state index in [2.05, 4.69) is 143 Å². The van der Waals surface area contributed by atoms with Crippen LogP contribution in [0.15, 0.2) is 170 Å². The third kappa shape index (κ3) is 4.75. The highest BCUT2D eigenvalue weighted by atomic mass is 15.0. The van der Waals surface area contributed by atoms with E-state index in [0.717, 1.165) is 44.9 Å². The van der Waals surface area contributed by atoms with E-state index in [1.807, 2.05) is 30.5 Å². The van der Waals surface area contributed by atoms with Crippen LogP contribution in [0.4, 0.5) is 0 Å². The number of fused-ring (bicyclic) bond motifs is 5. The molecule has 3 heterocycles. The second-order valence-corrected chi connectivity index (χ2v) is 11.7. The monoisotopic (exact) mass is 600 g/mol. The molecule has 6 aromatic carbocycles. The van der Waals surface area contributed by atoms with Gasteiger partial charge in [0.05, 0.1) is 22.4 Å². The van der Waals surface area contributed by atoms with Gasteiger partial charge in [-0.15, -0.1) is 0 Å². The van der Waals surface area contributed by atoms with Crippen LogP contribution >= 0.6 is 0 Å². The van der Waals surface area contributed by atoms with Gasteiger partial charge in [-0.2, -0.15) is 0 Å². The SMILES string of the molecule is c1ccc(-c2nc(-c3ccc(-c4cccnc4)cc3)cc(-c3ccc(-n4c5ccccc5c5c6ccccc6ccc54)cc3)n2)cc1. The number of nitrogens with zero attached hydrogens (tertiary/aromatic N) is 4. The van der Waals surface area contributed by atoms with Crippen molar-refractivity contribution in [3.05, 3.63) is 170 Å². The lowest BCUT2D eigenvalue weighted by Gasteiger charge is -2.12. The van der Waals surface area contributed by atoms with Crippen molar-refractivity contribution in [2.45, 2.75) is 0 Å². The van der Waals surface area contributed by atoms with Crippen molar-refractivity contribution in [2.24, 2.45) is 0 Å². The molecule has 0 saturated heterocycles. The van der Waals surface area contributed by atoms with Crippen molar-refractivity contribution in [3.63, 3.8) is 0 Å². The Morgan fingerprint density at radius 2 is 1.06 bits per heavy atom. The molecule has 0 aliphatic carbocycles. The standard InChI is InChI=1S/C43H28N4/c1-2-10-33(11-3-1)43-45-38(31-18-16-29(17-19-31)34-12-8-26-44-28-34)27-39(46-43)32-20-23-35(24-21-32)47-40-15-7-6-14-37(40)42-36-13-5-4-9-30(36)22-25-41(42)47/h1-28H. The number of rotatable bonds is 5. The molecule has 0 spiro atoms. The smallest absolute Gasteiger partial charge is 0.160 e. The predicted octanol–water partition coefficient (Wildman–Crippen LogP) is 10.8. The van der Waals surface area contributed by atoms with E-state index in [4.69, 9.17) is 9.97 Å². The maximum absolute atomic E-state index is 5.06. The van der Waals surface area contributed by atoms with Gasteiger partial charge in [0.25, 0.3) is 0 Å². The molecule has 0 unspecified atom stereocenters. The highest BCUT2D eigenvalue weighted by molar-refractivity contribution is 6.21. The van der Waals surface area contributed by atoms with Crippen LogP contribution < -0.4 is 0 Å². The molecule has 220 valence electrons. The molecule has 0 aliphatic heterocycles. The zero-order valence-corrected chi connectivity index (χ0v) is 25.5. The van der Waals surface area contributed by atoms with Crippen LogP contribution in [-0.4, -0.2) is 19.5 Å². The first-order valence-electron chi connectivity index (χ1n) is 15.8. The predicted molar refractivity (Wildman–Crippen MR) is 193 cm³/mol. The summed E-state index contributed by atoms with van der Waals surface area (Å²) in [5, 5.41) is 5.06. The van der Waals surface area contributed by atoms with Crippen molar-refractivity contribution < 1.29 is 0 Å². The van der Waals surface area contributed by atoms with Gasteiger partial charge in [-0.05, 0) is 58.3 Å². The number of para-hydroxylation sites is 1. The van der Waals surface area contributed by atoms with Crippen molar-refractivity contribution >= 4 is 32.6 Å². The van der Waals surface area contributed by atoms with E-state index in [9.17, 15) is 0 Å². The fourth-order valence-electron chi connectivity index (χ4n) is 6.62. The first kappa shape index (κ1) is 27.0. The summed E-state index contributed by atoms with van der Waals surface area (Å²) in [6, 6.07) is 55.3.